The SMILES string of the molecule is ClC1=CC=CN2ONC=C12. The molecule has 2 aliphatic rings. The average molecular weight is 157 g/mol. The molecule has 4 heteroatoms. The van der Waals surface area contributed by atoms with Crippen LogP contribution in [-0.2, 0) is 4.94 Å². The molecule has 2 rings (SSSR count). The molecule has 2 aliphatic heterocycles. The molecule has 1 N–H and O–H groups in total. The van der Waals surface area contributed by atoms with Crippen molar-refractivity contribution >= 4 is 11.6 Å². The summed E-state index contributed by atoms with van der Waals surface area (Å²) in [6, 6.07) is 0. The summed E-state index contributed by atoms with van der Waals surface area (Å²) >= 11 is 5.80. The first kappa shape index (κ1) is 5.82. The Hall–Kier alpha value is -0.930. The van der Waals surface area contributed by atoms with Crippen molar-refractivity contribution in [3.05, 3.63) is 35.3 Å². The van der Waals surface area contributed by atoms with Gasteiger partial charge in [-0.15, -0.1) is 0 Å². The van der Waals surface area contributed by atoms with Gasteiger partial charge in [-0.1, -0.05) is 11.6 Å². The molecule has 0 bridgehead atoms. The first-order chi connectivity index (χ1) is 4.88. The summed E-state index contributed by atoms with van der Waals surface area (Å²) in [6.45, 7) is 0. The van der Waals surface area contributed by atoms with E-state index < -0.39 is 0 Å². The normalized spacial score (nSPS) is 21.5. The minimum atomic E-state index is 0.674. The Morgan fingerprint density at radius 3 is 3.30 bits per heavy atom. The molecular weight excluding hydrogens is 152 g/mol. The van der Waals surface area contributed by atoms with Gasteiger partial charge in [0, 0.05) is 6.20 Å². The smallest absolute Gasteiger partial charge is 0.108 e. The molecule has 0 aromatic heterocycles. The lowest BCUT2D eigenvalue weighted by atomic mass is 10.3. The summed E-state index contributed by atoms with van der Waals surface area (Å²) in [7, 11) is 0. The van der Waals surface area contributed by atoms with Gasteiger partial charge >= 0.3 is 0 Å². The van der Waals surface area contributed by atoms with Crippen LogP contribution in [-0.4, -0.2) is 5.06 Å². The number of hydrogen-bond acceptors (Lipinski definition) is 3. The number of rotatable bonds is 0. The van der Waals surface area contributed by atoms with E-state index in [-0.39, 0.29) is 0 Å². The molecule has 0 atom stereocenters. The summed E-state index contributed by atoms with van der Waals surface area (Å²) in [5.74, 6) is 0. The quantitative estimate of drug-likeness (QED) is 0.571. The zero-order valence-corrected chi connectivity index (χ0v) is 5.80. The molecule has 0 aliphatic carbocycles. The molecule has 0 fully saturated rings. The minimum Gasteiger partial charge on any atom is -0.247 e. The van der Waals surface area contributed by atoms with Crippen LogP contribution >= 0.6 is 11.6 Å². The minimum absolute atomic E-state index is 0.674. The maximum absolute atomic E-state index is 5.80. The highest BCUT2D eigenvalue weighted by Gasteiger charge is 2.18. The zero-order valence-electron chi connectivity index (χ0n) is 5.04. The first-order valence-corrected chi connectivity index (χ1v) is 3.22. The topological polar surface area (TPSA) is 24.5 Å². The van der Waals surface area contributed by atoms with Crippen LogP contribution < -0.4 is 5.48 Å². The second kappa shape index (κ2) is 2.04. The van der Waals surface area contributed by atoms with Crippen LogP contribution in [0, 0.1) is 0 Å². The van der Waals surface area contributed by atoms with Crippen molar-refractivity contribution in [3.8, 4) is 0 Å². The van der Waals surface area contributed by atoms with Crippen molar-refractivity contribution in [2.45, 2.75) is 0 Å². The van der Waals surface area contributed by atoms with Gasteiger partial charge < -0.3 is 0 Å². The molecule has 0 unspecified atom stereocenters. The second-order valence-corrected chi connectivity index (χ2v) is 2.33. The number of nitrogens with zero attached hydrogens (tertiary/aromatic N) is 1. The van der Waals surface area contributed by atoms with E-state index in [4.69, 9.17) is 16.5 Å². The van der Waals surface area contributed by atoms with Crippen LogP contribution in [0.3, 0.4) is 0 Å². The van der Waals surface area contributed by atoms with Gasteiger partial charge in [-0.25, -0.2) is 10.5 Å². The lowest BCUT2D eigenvalue weighted by Gasteiger charge is -2.15. The van der Waals surface area contributed by atoms with Crippen molar-refractivity contribution in [2.75, 3.05) is 0 Å². The predicted molar refractivity (Wildman–Crippen MR) is 37.2 cm³/mol. The van der Waals surface area contributed by atoms with E-state index in [9.17, 15) is 0 Å². The molecule has 2 heterocycles. The predicted octanol–water partition coefficient (Wildman–Crippen LogP) is 1.23. The largest absolute Gasteiger partial charge is 0.247 e. The van der Waals surface area contributed by atoms with Crippen molar-refractivity contribution in [2.24, 2.45) is 0 Å². The van der Waals surface area contributed by atoms with E-state index in [1.165, 1.54) is 0 Å². The van der Waals surface area contributed by atoms with E-state index >= 15 is 0 Å². The van der Waals surface area contributed by atoms with Gasteiger partial charge in [-0.3, -0.25) is 0 Å². The second-order valence-electron chi connectivity index (χ2n) is 1.92. The summed E-state index contributed by atoms with van der Waals surface area (Å²) in [4.78, 5) is 4.91. The summed E-state index contributed by atoms with van der Waals surface area (Å²) in [6.07, 6.45) is 7.09. The average Bonchev–Trinajstić information content (AvgIpc) is 2.36. The van der Waals surface area contributed by atoms with E-state index in [0.29, 0.717) is 5.03 Å². The summed E-state index contributed by atoms with van der Waals surface area (Å²) in [5, 5.41) is 2.23. The fraction of sp³-hybridized carbons (Fsp3) is 0. The van der Waals surface area contributed by atoms with Gasteiger partial charge in [0.05, 0.1) is 11.2 Å². The Morgan fingerprint density at radius 2 is 2.50 bits per heavy atom. The van der Waals surface area contributed by atoms with Crippen LogP contribution in [0.2, 0.25) is 0 Å². The number of hydrogen-bond donors (Lipinski definition) is 1. The highest BCUT2D eigenvalue weighted by molar-refractivity contribution is 6.32. The molecule has 0 aromatic carbocycles. The lowest BCUT2D eigenvalue weighted by Crippen LogP contribution is -2.15. The molecule has 0 spiro atoms. The molecule has 0 saturated heterocycles. The summed E-state index contributed by atoms with van der Waals surface area (Å²) in [5.41, 5.74) is 3.42. The number of allylic oxidation sites excluding steroid dienone is 3. The van der Waals surface area contributed by atoms with E-state index in [2.05, 4.69) is 5.48 Å². The standard InChI is InChI=1S/C6H5ClN2O/c7-5-2-1-3-9-6(5)4-8-10-9/h1-4,8H. The molecule has 0 amide bonds. The maximum atomic E-state index is 5.80. The molecule has 0 radical (unpaired) electrons. The van der Waals surface area contributed by atoms with Crippen molar-refractivity contribution in [1.29, 1.82) is 0 Å². The van der Waals surface area contributed by atoms with Crippen LogP contribution in [0.4, 0.5) is 0 Å². The zero-order chi connectivity index (χ0) is 6.97. The fourth-order valence-electron chi connectivity index (χ4n) is 0.828. The summed E-state index contributed by atoms with van der Waals surface area (Å²) < 4.78 is 0. The van der Waals surface area contributed by atoms with E-state index in [0.717, 1.165) is 5.70 Å². The van der Waals surface area contributed by atoms with Crippen LogP contribution in [0.1, 0.15) is 0 Å². The van der Waals surface area contributed by atoms with Gasteiger partial charge in [0.1, 0.15) is 5.70 Å². The van der Waals surface area contributed by atoms with Crippen LogP contribution in [0.5, 0.6) is 0 Å². The van der Waals surface area contributed by atoms with Gasteiger partial charge in [0.25, 0.3) is 0 Å². The third-order valence-electron chi connectivity index (χ3n) is 1.29. The van der Waals surface area contributed by atoms with E-state index in [1.54, 1.807) is 23.5 Å². The maximum Gasteiger partial charge on any atom is 0.108 e. The third-order valence-corrected chi connectivity index (χ3v) is 1.61. The first-order valence-electron chi connectivity index (χ1n) is 2.84. The fourth-order valence-corrected chi connectivity index (χ4v) is 1.04. The number of nitrogens with one attached hydrogen (secondary N) is 1. The Labute approximate surface area is 63.1 Å². The van der Waals surface area contributed by atoms with Crippen LogP contribution in [0.25, 0.3) is 0 Å². The Kier molecular flexibility index (Phi) is 1.19. The molecule has 0 aromatic rings. The molecule has 52 valence electrons. The van der Waals surface area contributed by atoms with Gasteiger partial charge in [0.2, 0.25) is 0 Å². The highest BCUT2D eigenvalue weighted by Crippen LogP contribution is 2.25. The van der Waals surface area contributed by atoms with Gasteiger partial charge in [-0.05, 0) is 12.2 Å². The lowest BCUT2D eigenvalue weighted by molar-refractivity contribution is -0.112. The van der Waals surface area contributed by atoms with Crippen molar-refractivity contribution in [1.82, 2.24) is 10.5 Å². The highest BCUT2D eigenvalue weighted by atomic mass is 35.5. The number of halogens is 1. The molecular formula is C6H5ClN2O. The van der Waals surface area contributed by atoms with Crippen molar-refractivity contribution < 1.29 is 4.94 Å². The third kappa shape index (κ3) is 0.716. The van der Waals surface area contributed by atoms with E-state index in [1.807, 2.05) is 6.08 Å². The number of hydroxylamine groups is 3. The molecule has 3 nitrogen and oxygen atoms in total. The Morgan fingerprint density at radius 1 is 1.60 bits per heavy atom. The monoisotopic (exact) mass is 156 g/mol. The Balaban J connectivity index is 2.38. The van der Waals surface area contributed by atoms with Crippen LogP contribution in [0.15, 0.2) is 35.3 Å². The molecule has 0 saturated carbocycles. The van der Waals surface area contributed by atoms with Gasteiger partial charge in [0.15, 0.2) is 0 Å². The van der Waals surface area contributed by atoms with Gasteiger partial charge in [-0.2, -0.15) is 4.94 Å². The number of fused-ring (bicyclic) bond motifs is 1. The molecule has 10 heavy (non-hydrogen) atoms. The van der Waals surface area contributed by atoms with Crippen molar-refractivity contribution in [3.63, 3.8) is 0 Å². The Bertz CT molecular complexity index is 244.